The minimum absolute atomic E-state index is 0.0267. The highest BCUT2D eigenvalue weighted by atomic mass is 16.6. The topological polar surface area (TPSA) is 109 Å². The van der Waals surface area contributed by atoms with E-state index in [0.29, 0.717) is 29.0 Å². The molecule has 40 heavy (non-hydrogen) atoms. The highest BCUT2D eigenvalue weighted by Crippen LogP contribution is 2.37. The predicted molar refractivity (Wildman–Crippen MR) is 155 cm³/mol. The number of pyridine rings is 1. The molecule has 8 nitrogen and oxygen atoms in total. The van der Waals surface area contributed by atoms with Crippen molar-refractivity contribution in [2.75, 3.05) is 19.7 Å². The first-order valence-electron chi connectivity index (χ1n) is 13.5. The summed E-state index contributed by atoms with van der Waals surface area (Å²) in [5.41, 5.74) is 2.95. The summed E-state index contributed by atoms with van der Waals surface area (Å²) in [6.45, 7) is 11.6. The minimum atomic E-state index is -1.08. The van der Waals surface area contributed by atoms with E-state index in [-0.39, 0.29) is 31.0 Å². The SMILES string of the molecule is Cc1cc(-c2ccccc2)c(CCN(C[C@H](O)c2cccnc2)C(=O)OC(C)(C)C)c(OCC(C)C)c1C(=O)O. The van der Waals surface area contributed by atoms with Crippen LogP contribution in [0.15, 0.2) is 60.9 Å². The summed E-state index contributed by atoms with van der Waals surface area (Å²) in [4.78, 5) is 31.2. The Morgan fingerprint density at radius 3 is 2.35 bits per heavy atom. The summed E-state index contributed by atoms with van der Waals surface area (Å²) >= 11 is 0. The van der Waals surface area contributed by atoms with Gasteiger partial charge in [-0.3, -0.25) is 4.98 Å². The molecule has 3 aromatic rings. The summed E-state index contributed by atoms with van der Waals surface area (Å²) in [6, 6.07) is 15.0. The number of benzene rings is 2. The Bertz CT molecular complexity index is 1290. The minimum Gasteiger partial charge on any atom is -0.492 e. The third-order valence-electron chi connectivity index (χ3n) is 6.19. The molecule has 0 spiro atoms. The largest absolute Gasteiger partial charge is 0.492 e. The molecule has 214 valence electrons. The molecular weight excluding hydrogens is 508 g/mol. The fraction of sp³-hybridized carbons (Fsp3) is 0.406. The average molecular weight is 549 g/mol. The number of aliphatic hydroxyl groups is 1. The first kappa shape index (κ1) is 30.6. The van der Waals surface area contributed by atoms with Gasteiger partial charge < -0.3 is 24.6 Å². The van der Waals surface area contributed by atoms with Crippen molar-refractivity contribution >= 4 is 12.1 Å². The fourth-order valence-electron chi connectivity index (χ4n) is 4.34. The molecule has 0 aliphatic carbocycles. The number of hydrogen-bond acceptors (Lipinski definition) is 6. The maximum atomic E-state index is 13.3. The van der Waals surface area contributed by atoms with Crippen LogP contribution in [-0.2, 0) is 11.2 Å². The Balaban J connectivity index is 2.07. The number of nitrogens with zero attached hydrogens (tertiary/aromatic N) is 2. The maximum Gasteiger partial charge on any atom is 0.410 e. The third kappa shape index (κ3) is 8.29. The zero-order chi connectivity index (χ0) is 29.4. The molecule has 0 bridgehead atoms. The van der Waals surface area contributed by atoms with E-state index in [1.807, 2.05) is 50.2 Å². The number of ether oxygens (including phenoxy) is 2. The number of carboxylic acids is 1. The van der Waals surface area contributed by atoms with Gasteiger partial charge >= 0.3 is 12.1 Å². The van der Waals surface area contributed by atoms with E-state index in [0.717, 1.165) is 11.1 Å². The standard InChI is InChI=1S/C32H40N2O6/c1-21(2)20-39-29-25(26(23-11-8-7-9-12-23)17-22(3)28(29)30(36)37)14-16-34(31(38)40-32(4,5)6)19-27(35)24-13-10-15-33-18-24/h7-13,15,17-18,21,27,35H,14,16,19-20H2,1-6H3,(H,36,37)/t27-/m0/s1. The summed E-state index contributed by atoms with van der Waals surface area (Å²) in [5, 5.41) is 21.1. The zero-order valence-electron chi connectivity index (χ0n) is 24.2. The molecule has 3 rings (SSSR count). The number of rotatable bonds is 11. The number of carboxylic acid groups (broad SMARTS) is 1. The lowest BCUT2D eigenvalue weighted by Gasteiger charge is -2.30. The van der Waals surface area contributed by atoms with Gasteiger partial charge in [0.2, 0.25) is 0 Å². The number of aromatic nitrogens is 1. The van der Waals surface area contributed by atoms with Gasteiger partial charge in [0.15, 0.2) is 0 Å². The highest BCUT2D eigenvalue weighted by molar-refractivity contribution is 5.95. The van der Waals surface area contributed by atoms with E-state index in [2.05, 4.69) is 4.98 Å². The van der Waals surface area contributed by atoms with Gasteiger partial charge in [-0.2, -0.15) is 0 Å². The summed E-state index contributed by atoms with van der Waals surface area (Å²) < 4.78 is 11.8. The van der Waals surface area contributed by atoms with Gasteiger partial charge in [0.1, 0.15) is 16.9 Å². The molecular formula is C32H40N2O6. The predicted octanol–water partition coefficient (Wildman–Crippen LogP) is 6.30. The van der Waals surface area contributed by atoms with Gasteiger partial charge in [-0.1, -0.05) is 56.3 Å². The summed E-state index contributed by atoms with van der Waals surface area (Å²) in [5.74, 6) is -0.604. The molecule has 0 radical (unpaired) electrons. The summed E-state index contributed by atoms with van der Waals surface area (Å²) in [7, 11) is 0. The third-order valence-corrected chi connectivity index (χ3v) is 6.19. The molecule has 1 amide bonds. The van der Waals surface area contributed by atoms with Crippen molar-refractivity contribution in [3.63, 3.8) is 0 Å². The van der Waals surface area contributed by atoms with Crippen LogP contribution in [-0.4, -0.2) is 57.5 Å². The van der Waals surface area contributed by atoms with Crippen molar-refractivity contribution in [1.29, 1.82) is 0 Å². The molecule has 1 atom stereocenters. The van der Waals surface area contributed by atoms with Gasteiger partial charge in [0.25, 0.3) is 0 Å². The normalized spacial score (nSPS) is 12.2. The second-order valence-corrected chi connectivity index (χ2v) is 11.3. The van der Waals surface area contributed by atoms with Crippen LogP contribution in [0, 0.1) is 12.8 Å². The molecule has 0 saturated heterocycles. The van der Waals surface area contributed by atoms with Crippen molar-refractivity contribution in [3.05, 3.63) is 83.2 Å². The Morgan fingerprint density at radius 2 is 1.77 bits per heavy atom. The van der Waals surface area contributed by atoms with Gasteiger partial charge in [-0.15, -0.1) is 0 Å². The van der Waals surface area contributed by atoms with Crippen LogP contribution in [0.5, 0.6) is 5.75 Å². The Morgan fingerprint density at radius 1 is 1.07 bits per heavy atom. The molecule has 2 aromatic carbocycles. The molecule has 0 unspecified atom stereocenters. The molecule has 0 aliphatic rings. The second-order valence-electron chi connectivity index (χ2n) is 11.3. The van der Waals surface area contributed by atoms with Crippen LogP contribution >= 0.6 is 0 Å². The highest BCUT2D eigenvalue weighted by Gasteiger charge is 2.28. The fourth-order valence-corrected chi connectivity index (χ4v) is 4.34. The van der Waals surface area contributed by atoms with E-state index in [9.17, 15) is 19.8 Å². The maximum absolute atomic E-state index is 13.3. The number of aryl methyl sites for hydroxylation is 1. The van der Waals surface area contributed by atoms with Crippen molar-refractivity contribution in [2.24, 2.45) is 5.92 Å². The Labute approximate surface area is 236 Å². The van der Waals surface area contributed by atoms with E-state index < -0.39 is 23.8 Å². The lowest BCUT2D eigenvalue weighted by molar-refractivity contribution is 0.0146. The van der Waals surface area contributed by atoms with Gasteiger partial charge in [0.05, 0.1) is 19.3 Å². The van der Waals surface area contributed by atoms with Crippen molar-refractivity contribution in [2.45, 2.75) is 59.7 Å². The average Bonchev–Trinajstić information content (AvgIpc) is 2.89. The molecule has 1 aromatic heterocycles. The van der Waals surface area contributed by atoms with Gasteiger partial charge in [-0.25, -0.2) is 9.59 Å². The van der Waals surface area contributed by atoms with E-state index in [4.69, 9.17) is 9.47 Å². The van der Waals surface area contributed by atoms with Crippen molar-refractivity contribution in [3.8, 4) is 16.9 Å². The first-order chi connectivity index (χ1) is 18.9. The smallest absolute Gasteiger partial charge is 0.410 e. The Hall–Kier alpha value is -3.91. The van der Waals surface area contributed by atoms with Crippen LogP contribution in [0.25, 0.3) is 11.1 Å². The van der Waals surface area contributed by atoms with E-state index >= 15 is 0 Å². The summed E-state index contributed by atoms with van der Waals surface area (Å²) in [6.07, 6.45) is 1.88. The monoisotopic (exact) mass is 548 g/mol. The molecule has 8 heteroatoms. The number of aromatic carboxylic acids is 1. The number of amides is 1. The van der Waals surface area contributed by atoms with E-state index in [1.165, 1.54) is 4.90 Å². The van der Waals surface area contributed by atoms with Crippen molar-refractivity contribution in [1.82, 2.24) is 9.88 Å². The quantitative estimate of drug-likeness (QED) is 0.289. The second kappa shape index (κ2) is 13.4. The van der Waals surface area contributed by atoms with Crippen LogP contribution in [0.2, 0.25) is 0 Å². The van der Waals surface area contributed by atoms with Crippen LogP contribution in [0.3, 0.4) is 0 Å². The van der Waals surface area contributed by atoms with Crippen LogP contribution < -0.4 is 4.74 Å². The van der Waals surface area contributed by atoms with Gasteiger partial charge in [0, 0.05) is 30.1 Å². The van der Waals surface area contributed by atoms with E-state index in [1.54, 1.807) is 52.2 Å². The number of carbonyl (C=O) groups is 2. The number of hydrogen-bond donors (Lipinski definition) is 2. The number of aliphatic hydroxyl groups excluding tert-OH is 1. The Kier molecular flexibility index (Phi) is 10.3. The first-order valence-corrected chi connectivity index (χ1v) is 13.5. The molecule has 2 N–H and O–H groups in total. The molecule has 0 fully saturated rings. The lowest BCUT2D eigenvalue weighted by atomic mass is 9.91. The van der Waals surface area contributed by atoms with Crippen molar-refractivity contribution < 1.29 is 29.3 Å². The lowest BCUT2D eigenvalue weighted by Crippen LogP contribution is -2.40. The number of carbonyl (C=O) groups excluding carboxylic acids is 1. The zero-order valence-corrected chi connectivity index (χ0v) is 24.2. The molecule has 1 heterocycles. The van der Waals surface area contributed by atoms with Crippen LogP contribution in [0.4, 0.5) is 4.79 Å². The molecule has 0 aliphatic heterocycles. The molecule has 0 saturated carbocycles. The van der Waals surface area contributed by atoms with Gasteiger partial charge in [-0.05, 0) is 62.8 Å². The van der Waals surface area contributed by atoms with Crippen LogP contribution in [0.1, 0.15) is 67.8 Å².